The van der Waals surface area contributed by atoms with Gasteiger partial charge in [-0.25, -0.2) is 0 Å². The summed E-state index contributed by atoms with van der Waals surface area (Å²) in [6.07, 6.45) is 0. The molecular formula is C11H17NO. The number of nitrogens with one attached hydrogen (secondary N) is 1. The molecule has 0 heterocycles. The molecule has 0 spiro atoms. The van der Waals surface area contributed by atoms with Crippen LogP contribution in [0.5, 0.6) is 0 Å². The summed E-state index contributed by atoms with van der Waals surface area (Å²) in [5.74, 6) is 0. The average Bonchev–Trinajstić information content (AvgIpc) is 2.09. The SMILES string of the molecule is COCC(C)Nc1ccccc1C. The smallest absolute Gasteiger partial charge is 0.0661 e. The predicted molar refractivity (Wildman–Crippen MR) is 56.1 cm³/mol. The Hall–Kier alpha value is -1.02. The van der Waals surface area contributed by atoms with Crippen LogP contribution in [0.1, 0.15) is 12.5 Å². The van der Waals surface area contributed by atoms with Crippen molar-refractivity contribution in [2.24, 2.45) is 0 Å². The van der Waals surface area contributed by atoms with E-state index in [9.17, 15) is 0 Å². The Balaban J connectivity index is 2.58. The number of benzene rings is 1. The minimum absolute atomic E-state index is 0.353. The first-order chi connectivity index (χ1) is 6.24. The maximum atomic E-state index is 5.05. The van der Waals surface area contributed by atoms with Crippen LogP contribution in [0, 0.1) is 6.92 Å². The molecule has 1 N–H and O–H groups in total. The Morgan fingerprint density at radius 2 is 2.08 bits per heavy atom. The van der Waals surface area contributed by atoms with Crippen molar-refractivity contribution in [2.75, 3.05) is 19.0 Å². The van der Waals surface area contributed by atoms with E-state index in [0.29, 0.717) is 6.04 Å². The Morgan fingerprint density at radius 1 is 1.38 bits per heavy atom. The van der Waals surface area contributed by atoms with Gasteiger partial charge in [0.1, 0.15) is 0 Å². The largest absolute Gasteiger partial charge is 0.383 e. The van der Waals surface area contributed by atoms with E-state index in [4.69, 9.17) is 4.74 Å². The van der Waals surface area contributed by atoms with E-state index in [1.54, 1.807) is 7.11 Å². The molecule has 0 aliphatic heterocycles. The summed E-state index contributed by atoms with van der Waals surface area (Å²) >= 11 is 0. The number of para-hydroxylation sites is 1. The molecule has 1 aromatic carbocycles. The summed E-state index contributed by atoms with van der Waals surface area (Å²) < 4.78 is 5.05. The van der Waals surface area contributed by atoms with Crippen LogP contribution in [-0.4, -0.2) is 19.8 Å². The standard InChI is InChI=1S/C11H17NO/c1-9-6-4-5-7-11(9)12-10(2)8-13-3/h4-7,10,12H,8H2,1-3H3. The Kier molecular flexibility index (Phi) is 3.77. The van der Waals surface area contributed by atoms with Crippen LogP contribution in [-0.2, 0) is 4.74 Å². The van der Waals surface area contributed by atoms with Gasteiger partial charge in [-0.2, -0.15) is 0 Å². The number of anilines is 1. The highest BCUT2D eigenvalue weighted by Crippen LogP contribution is 2.13. The molecule has 2 heteroatoms. The fraction of sp³-hybridized carbons (Fsp3) is 0.455. The van der Waals surface area contributed by atoms with Crippen LogP contribution >= 0.6 is 0 Å². The molecule has 0 aliphatic carbocycles. The number of ether oxygens (including phenoxy) is 1. The van der Waals surface area contributed by atoms with Crippen molar-refractivity contribution in [2.45, 2.75) is 19.9 Å². The molecule has 1 atom stereocenters. The Labute approximate surface area is 79.9 Å². The van der Waals surface area contributed by atoms with Crippen molar-refractivity contribution in [1.29, 1.82) is 0 Å². The summed E-state index contributed by atoms with van der Waals surface area (Å²) in [6, 6.07) is 8.62. The van der Waals surface area contributed by atoms with Gasteiger partial charge in [-0.1, -0.05) is 18.2 Å². The summed E-state index contributed by atoms with van der Waals surface area (Å²) in [4.78, 5) is 0. The Bertz CT molecular complexity index is 260. The minimum atomic E-state index is 0.353. The van der Waals surface area contributed by atoms with Gasteiger partial charge in [-0.3, -0.25) is 0 Å². The average molecular weight is 179 g/mol. The second-order valence-electron chi connectivity index (χ2n) is 3.32. The lowest BCUT2D eigenvalue weighted by Crippen LogP contribution is -2.21. The van der Waals surface area contributed by atoms with E-state index in [-0.39, 0.29) is 0 Å². The fourth-order valence-corrected chi connectivity index (χ4v) is 1.29. The zero-order chi connectivity index (χ0) is 9.68. The Morgan fingerprint density at radius 3 is 2.69 bits per heavy atom. The van der Waals surface area contributed by atoms with Crippen molar-refractivity contribution in [1.82, 2.24) is 0 Å². The molecule has 0 amide bonds. The van der Waals surface area contributed by atoms with E-state index >= 15 is 0 Å². The highest BCUT2D eigenvalue weighted by molar-refractivity contribution is 5.50. The third kappa shape index (κ3) is 3.07. The van der Waals surface area contributed by atoms with E-state index < -0.39 is 0 Å². The molecule has 0 saturated heterocycles. The van der Waals surface area contributed by atoms with E-state index in [1.807, 2.05) is 12.1 Å². The third-order valence-electron chi connectivity index (χ3n) is 1.96. The van der Waals surface area contributed by atoms with Gasteiger partial charge in [0.15, 0.2) is 0 Å². The van der Waals surface area contributed by atoms with Crippen molar-refractivity contribution in [3.8, 4) is 0 Å². The molecule has 1 aromatic rings. The number of aryl methyl sites for hydroxylation is 1. The normalized spacial score (nSPS) is 12.5. The monoisotopic (exact) mass is 179 g/mol. The molecule has 1 rings (SSSR count). The van der Waals surface area contributed by atoms with Gasteiger partial charge in [-0.15, -0.1) is 0 Å². The quantitative estimate of drug-likeness (QED) is 0.766. The molecule has 72 valence electrons. The van der Waals surface area contributed by atoms with Crippen molar-refractivity contribution < 1.29 is 4.74 Å². The minimum Gasteiger partial charge on any atom is -0.383 e. The van der Waals surface area contributed by atoms with Crippen LogP contribution in [0.3, 0.4) is 0 Å². The number of hydrogen-bond acceptors (Lipinski definition) is 2. The predicted octanol–water partition coefficient (Wildman–Crippen LogP) is 2.44. The summed E-state index contributed by atoms with van der Waals surface area (Å²) in [6.45, 7) is 4.94. The molecule has 13 heavy (non-hydrogen) atoms. The van der Waals surface area contributed by atoms with E-state index in [0.717, 1.165) is 6.61 Å². The second kappa shape index (κ2) is 4.87. The van der Waals surface area contributed by atoms with Gasteiger partial charge in [0, 0.05) is 18.8 Å². The maximum Gasteiger partial charge on any atom is 0.0661 e. The van der Waals surface area contributed by atoms with Gasteiger partial charge in [0.05, 0.1) is 6.61 Å². The van der Waals surface area contributed by atoms with Crippen molar-refractivity contribution in [3.05, 3.63) is 29.8 Å². The van der Waals surface area contributed by atoms with Gasteiger partial charge in [-0.05, 0) is 25.5 Å². The first-order valence-electron chi connectivity index (χ1n) is 4.55. The lowest BCUT2D eigenvalue weighted by atomic mass is 10.2. The van der Waals surface area contributed by atoms with Gasteiger partial charge < -0.3 is 10.1 Å². The van der Waals surface area contributed by atoms with Crippen LogP contribution in [0.15, 0.2) is 24.3 Å². The highest BCUT2D eigenvalue weighted by Gasteiger charge is 2.01. The summed E-state index contributed by atoms with van der Waals surface area (Å²) in [5, 5.41) is 3.39. The van der Waals surface area contributed by atoms with Crippen LogP contribution in [0.25, 0.3) is 0 Å². The molecule has 0 bridgehead atoms. The van der Waals surface area contributed by atoms with Crippen molar-refractivity contribution >= 4 is 5.69 Å². The second-order valence-corrected chi connectivity index (χ2v) is 3.32. The number of methoxy groups -OCH3 is 1. The topological polar surface area (TPSA) is 21.3 Å². The summed E-state index contributed by atoms with van der Waals surface area (Å²) in [7, 11) is 1.72. The van der Waals surface area contributed by atoms with Crippen LogP contribution < -0.4 is 5.32 Å². The van der Waals surface area contributed by atoms with E-state index in [2.05, 4.69) is 31.3 Å². The number of hydrogen-bond donors (Lipinski definition) is 1. The zero-order valence-corrected chi connectivity index (χ0v) is 8.50. The summed E-state index contributed by atoms with van der Waals surface area (Å²) in [5.41, 5.74) is 2.46. The van der Waals surface area contributed by atoms with Gasteiger partial charge in [0.25, 0.3) is 0 Å². The lowest BCUT2D eigenvalue weighted by Gasteiger charge is -2.15. The molecule has 2 nitrogen and oxygen atoms in total. The first kappa shape index (κ1) is 10.1. The molecule has 0 aliphatic rings. The van der Waals surface area contributed by atoms with E-state index in [1.165, 1.54) is 11.3 Å². The zero-order valence-electron chi connectivity index (χ0n) is 8.50. The molecule has 0 saturated carbocycles. The van der Waals surface area contributed by atoms with Gasteiger partial charge >= 0.3 is 0 Å². The van der Waals surface area contributed by atoms with Crippen LogP contribution in [0.4, 0.5) is 5.69 Å². The fourth-order valence-electron chi connectivity index (χ4n) is 1.29. The van der Waals surface area contributed by atoms with Crippen LogP contribution in [0.2, 0.25) is 0 Å². The maximum absolute atomic E-state index is 5.05. The highest BCUT2D eigenvalue weighted by atomic mass is 16.5. The molecule has 1 unspecified atom stereocenters. The molecule has 0 aromatic heterocycles. The first-order valence-corrected chi connectivity index (χ1v) is 4.55. The molecule has 0 radical (unpaired) electrons. The molecule has 0 fully saturated rings. The lowest BCUT2D eigenvalue weighted by molar-refractivity contribution is 0.190. The number of rotatable bonds is 4. The van der Waals surface area contributed by atoms with Gasteiger partial charge in [0.2, 0.25) is 0 Å². The van der Waals surface area contributed by atoms with Crippen molar-refractivity contribution in [3.63, 3.8) is 0 Å². The molecular weight excluding hydrogens is 162 g/mol. The third-order valence-corrected chi connectivity index (χ3v) is 1.96.